The predicted octanol–water partition coefficient (Wildman–Crippen LogP) is 1.32. The van der Waals surface area contributed by atoms with Crippen molar-refractivity contribution >= 4 is 40.0 Å². The summed E-state index contributed by atoms with van der Waals surface area (Å²) in [5.74, 6) is 1.22. The summed E-state index contributed by atoms with van der Waals surface area (Å²) in [6.45, 7) is 5.76. The van der Waals surface area contributed by atoms with Gasteiger partial charge in [-0.15, -0.1) is 10.2 Å². The summed E-state index contributed by atoms with van der Waals surface area (Å²) in [7, 11) is 2.12. The van der Waals surface area contributed by atoms with Crippen molar-refractivity contribution in [1.82, 2.24) is 20.3 Å². The zero-order valence-corrected chi connectivity index (χ0v) is 14.6. The first-order chi connectivity index (χ1) is 11.1. The molecule has 124 valence electrons. The third-order valence-electron chi connectivity index (χ3n) is 3.39. The summed E-state index contributed by atoms with van der Waals surface area (Å²) in [5, 5.41) is 15.7. The van der Waals surface area contributed by atoms with Gasteiger partial charge in [0.1, 0.15) is 5.76 Å². The molecule has 0 aliphatic carbocycles. The zero-order chi connectivity index (χ0) is 16.2. The average Bonchev–Trinajstić information content (AvgIpc) is 3.15. The molecule has 1 aliphatic rings. The van der Waals surface area contributed by atoms with Gasteiger partial charge in [-0.3, -0.25) is 4.79 Å². The molecule has 0 saturated carbocycles. The van der Waals surface area contributed by atoms with Gasteiger partial charge in [-0.1, -0.05) is 28.3 Å². The van der Waals surface area contributed by atoms with E-state index in [1.165, 1.54) is 23.1 Å². The molecule has 1 aliphatic heterocycles. The number of anilines is 2. The van der Waals surface area contributed by atoms with E-state index >= 15 is 0 Å². The number of carbonyl (C=O) groups is 1. The second kappa shape index (κ2) is 7.28. The van der Waals surface area contributed by atoms with Crippen molar-refractivity contribution in [3.63, 3.8) is 0 Å². The molecule has 10 heteroatoms. The van der Waals surface area contributed by atoms with Gasteiger partial charge in [0.05, 0.1) is 5.75 Å². The number of piperazine rings is 1. The first-order valence-corrected chi connectivity index (χ1v) is 9.03. The molecule has 0 aromatic carbocycles. The van der Waals surface area contributed by atoms with Gasteiger partial charge in [-0.2, -0.15) is 0 Å². The molecule has 0 bridgehead atoms. The second-order valence-corrected chi connectivity index (χ2v) is 7.48. The van der Waals surface area contributed by atoms with Gasteiger partial charge in [0.2, 0.25) is 11.0 Å². The fourth-order valence-electron chi connectivity index (χ4n) is 2.12. The second-order valence-electron chi connectivity index (χ2n) is 5.30. The van der Waals surface area contributed by atoms with Crippen LogP contribution in [-0.2, 0) is 4.79 Å². The summed E-state index contributed by atoms with van der Waals surface area (Å²) >= 11 is 2.90. The number of thioether (sulfide) groups is 1. The van der Waals surface area contributed by atoms with Crippen LogP contribution >= 0.6 is 23.1 Å². The summed E-state index contributed by atoms with van der Waals surface area (Å²) in [6, 6.07) is 1.68. The van der Waals surface area contributed by atoms with Gasteiger partial charge < -0.3 is 19.6 Å². The van der Waals surface area contributed by atoms with E-state index in [4.69, 9.17) is 4.52 Å². The largest absolute Gasteiger partial charge is 0.360 e. The highest BCUT2D eigenvalue weighted by molar-refractivity contribution is 8.01. The molecule has 2 aromatic heterocycles. The van der Waals surface area contributed by atoms with E-state index in [0.717, 1.165) is 35.7 Å². The zero-order valence-electron chi connectivity index (χ0n) is 13.0. The third-order valence-corrected chi connectivity index (χ3v) is 5.51. The first-order valence-electron chi connectivity index (χ1n) is 7.23. The van der Waals surface area contributed by atoms with Crippen LogP contribution in [0.3, 0.4) is 0 Å². The Hall–Kier alpha value is -1.65. The maximum absolute atomic E-state index is 11.9. The summed E-state index contributed by atoms with van der Waals surface area (Å²) < 4.78 is 5.70. The van der Waals surface area contributed by atoms with Crippen LogP contribution in [0.15, 0.2) is 14.9 Å². The van der Waals surface area contributed by atoms with Crippen molar-refractivity contribution in [3.05, 3.63) is 11.8 Å². The Bertz CT molecular complexity index is 665. The highest BCUT2D eigenvalue weighted by Crippen LogP contribution is 2.28. The molecule has 0 unspecified atom stereocenters. The number of aromatic nitrogens is 3. The molecule has 3 rings (SSSR count). The van der Waals surface area contributed by atoms with E-state index in [1.54, 1.807) is 13.0 Å². The quantitative estimate of drug-likeness (QED) is 0.805. The smallest absolute Gasteiger partial charge is 0.236 e. The molecule has 0 radical (unpaired) electrons. The Balaban J connectivity index is 1.48. The normalized spacial score (nSPS) is 15.8. The Morgan fingerprint density at radius 3 is 2.87 bits per heavy atom. The number of amides is 1. The number of hydrogen-bond acceptors (Lipinski definition) is 9. The lowest BCUT2D eigenvalue weighted by atomic mass is 10.3. The van der Waals surface area contributed by atoms with Crippen LogP contribution < -0.4 is 10.2 Å². The topological polar surface area (TPSA) is 87.4 Å². The molecule has 2 aromatic rings. The van der Waals surface area contributed by atoms with Crippen LogP contribution in [0.5, 0.6) is 0 Å². The summed E-state index contributed by atoms with van der Waals surface area (Å²) in [4.78, 5) is 16.4. The highest BCUT2D eigenvalue weighted by atomic mass is 32.2. The number of nitrogens with one attached hydrogen (secondary N) is 1. The van der Waals surface area contributed by atoms with Crippen molar-refractivity contribution < 1.29 is 9.32 Å². The number of aryl methyl sites for hydroxylation is 1. The first kappa shape index (κ1) is 16.2. The fraction of sp³-hybridized carbons (Fsp3) is 0.538. The van der Waals surface area contributed by atoms with Crippen LogP contribution in [0.25, 0.3) is 0 Å². The lowest BCUT2D eigenvalue weighted by Crippen LogP contribution is -2.44. The van der Waals surface area contributed by atoms with Crippen molar-refractivity contribution in [2.75, 3.05) is 49.2 Å². The molecule has 0 atom stereocenters. The van der Waals surface area contributed by atoms with Crippen LogP contribution in [0, 0.1) is 6.92 Å². The molecule has 1 N–H and O–H groups in total. The van der Waals surface area contributed by atoms with E-state index in [2.05, 4.69) is 37.5 Å². The minimum Gasteiger partial charge on any atom is -0.360 e. The number of nitrogens with zero attached hydrogens (tertiary/aromatic N) is 5. The van der Waals surface area contributed by atoms with Crippen molar-refractivity contribution in [2.24, 2.45) is 0 Å². The number of hydrogen-bond donors (Lipinski definition) is 1. The van der Waals surface area contributed by atoms with Crippen LogP contribution in [0.4, 0.5) is 10.9 Å². The Kier molecular flexibility index (Phi) is 5.13. The minimum atomic E-state index is -0.139. The van der Waals surface area contributed by atoms with Crippen molar-refractivity contribution in [1.29, 1.82) is 0 Å². The molecule has 1 amide bonds. The molecule has 1 fully saturated rings. The maximum Gasteiger partial charge on any atom is 0.236 e. The van der Waals surface area contributed by atoms with E-state index < -0.39 is 0 Å². The minimum absolute atomic E-state index is 0.139. The van der Waals surface area contributed by atoms with E-state index in [0.29, 0.717) is 11.6 Å². The SMILES string of the molecule is Cc1cc(NC(=O)CSc2nnc(N3CCN(C)CC3)s2)no1. The molecule has 0 spiro atoms. The van der Waals surface area contributed by atoms with Gasteiger partial charge in [-0.25, -0.2) is 0 Å². The fourth-order valence-corrected chi connectivity index (χ4v) is 3.81. The monoisotopic (exact) mass is 354 g/mol. The molecular formula is C13H18N6O2S2. The Labute approximate surface area is 142 Å². The van der Waals surface area contributed by atoms with Crippen LogP contribution in [-0.4, -0.2) is 65.1 Å². The highest BCUT2D eigenvalue weighted by Gasteiger charge is 2.18. The lowest BCUT2D eigenvalue weighted by Gasteiger charge is -2.31. The molecule has 3 heterocycles. The van der Waals surface area contributed by atoms with Gasteiger partial charge >= 0.3 is 0 Å². The average molecular weight is 354 g/mol. The predicted molar refractivity (Wildman–Crippen MR) is 90.2 cm³/mol. The van der Waals surface area contributed by atoms with Crippen molar-refractivity contribution in [3.8, 4) is 0 Å². The van der Waals surface area contributed by atoms with Crippen LogP contribution in [0.1, 0.15) is 5.76 Å². The van der Waals surface area contributed by atoms with Crippen molar-refractivity contribution in [2.45, 2.75) is 11.3 Å². The van der Waals surface area contributed by atoms with E-state index in [9.17, 15) is 4.79 Å². The van der Waals surface area contributed by atoms with Gasteiger partial charge in [0.15, 0.2) is 10.2 Å². The Morgan fingerprint density at radius 2 is 2.17 bits per heavy atom. The van der Waals surface area contributed by atoms with Crippen LogP contribution in [0.2, 0.25) is 0 Å². The molecule has 8 nitrogen and oxygen atoms in total. The Morgan fingerprint density at radius 1 is 1.39 bits per heavy atom. The number of rotatable bonds is 5. The van der Waals surface area contributed by atoms with Gasteiger partial charge in [0.25, 0.3) is 0 Å². The third kappa shape index (κ3) is 4.43. The lowest BCUT2D eigenvalue weighted by molar-refractivity contribution is -0.113. The number of carbonyl (C=O) groups excluding carboxylic acids is 1. The molecule has 1 saturated heterocycles. The molecule has 23 heavy (non-hydrogen) atoms. The number of likely N-dealkylation sites (N-methyl/N-ethyl adjacent to an activating group) is 1. The van der Waals surface area contributed by atoms with E-state index in [-0.39, 0.29) is 11.7 Å². The summed E-state index contributed by atoms with van der Waals surface area (Å²) in [5.41, 5.74) is 0. The summed E-state index contributed by atoms with van der Waals surface area (Å²) in [6.07, 6.45) is 0. The standard InChI is InChI=1S/C13H18N6O2S2/c1-9-7-10(17-21-9)14-11(20)8-22-13-16-15-12(23-13)19-5-3-18(2)4-6-19/h7H,3-6,8H2,1-2H3,(H,14,17,20). The van der Waals surface area contributed by atoms with Gasteiger partial charge in [-0.05, 0) is 14.0 Å². The van der Waals surface area contributed by atoms with E-state index in [1.807, 2.05) is 0 Å². The van der Waals surface area contributed by atoms with Gasteiger partial charge in [0, 0.05) is 32.2 Å². The molecular weight excluding hydrogens is 336 g/mol. The maximum atomic E-state index is 11.9.